The lowest BCUT2D eigenvalue weighted by atomic mass is 9.86. The van der Waals surface area contributed by atoms with E-state index in [1.54, 1.807) is 0 Å². The Morgan fingerprint density at radius 2 is 1.75 bits per heavy atom. The topological polar surface area (TPSA) is 67.6 Å². The van der Waals surface area contributed by atoms with Crippen LogP contribution >= 0.6 is 24.8 Å². The van der Waals surface area contributed by atoms with Crippen molar-refractivity contribution >= 4 is 30.7 Å². The highest BCUT2D eigenvalue weighted by molar-refractivity contribution is 5.85. The first-order valence-corrected chi connectivity index (χ1v) is 8.89. The Morgan fingerprint density at radius 1 is 1.17 bits per heavy atom. The summed E-state index contributed by atoms with van der Waals surface area (Å²) in [6, 6.07) is -0.391. The molecule has 1 atom stereocenters. The maximum Gasteiger partial charge on any atom is 0.236 e. The summed E-state index contributed by atoms with van der Waals surface area (Å²) in [5, 5.41) is 3.13. The number of nitrogens with two attached hydrogens (primary N) is 1. The van der Waals surface area contributed by atoms with Gasteiger partial charge in [-0.1, -0.05) is 20.3 Å². The van der Waals surface area contributed by atoms with Gasteiger partial charge in [-0.05, 0) is 51.1 Å². The second kappa shape index (κ2) is 11.5. The molecule has 0 aromatic rings. The summed E-state index contributed by atoms with van der Waals surface area (Å²) < 4.78 is 5.56. The standard InChI is InChI=1S/C17H33N3O2.2ClH/c1-14(2)12-15(18)16(21)19-13-17(6-10-22-11-7-17)20-8-4-3-5-9-20;;/h14-15H,3-13,18H2,1-2H3,(H,19,21);2*1H/t15-;;/m0../s1. The molecule has 144 valence electrons. The molecule has 0 aromatic heterocycles. The van der Waals surface area contributed by atoms with Gasteiger partial charge in [-0.15, -0.1) is 24.8 Å². The average molecular weight is 384 g/mol. The Labute approximate surface area is 159 Å². The summed E-state index contributed by atoms with van der Waals surface area (Å²) >= 11 is 0. The van der Waals surface area contributed by atoms with Gasteiger partial charge in [-0.3, -0.25) is 9.69 Å². The molecule has 0 unspecified atom stereocenters. The largest absolute Gasteiger partial charge is 0.381 e. The first kappa shape index (κ1) is 23.9. The molecule has 2 heterocycles. The monoisotopic (exact) mass is 383 g/mol. The van der Waals surface area contributed by atoms with Crippen LogP contribution in [0.5, 0.6) is 0 Å². The van der Waals surface area contributed by atoms with Crippen molar-refractivity contribution < 1.29 is 9.53 Å². The number of carbonyl (C=O) groups is 1. The number of hydrogen-bond acceptors (Lipinski definition) is 4. The molecule has 2 aliphatic rings. The second-order valence-corrected chi connectivity index (χ2v) is 7.34. The quantitative estimate of drug-likeness (QED) is 0.738. The zero-order valence-electron chi connectivity index (χ0n) is 15.1. The number of rotatable bonds is 6. The van der Waals surface area contributed by atoms with Crippen LogP contribution in [0.2, 0.25) is 0 Å². The van der Waals surface area contributed by atoms with Gasteiger partial charge in [0.15, 0.2) is 0 Å². The van der Waals surface area contributed by atoms with Crippen LogP contribution in [0.15, 0.2) is 0 Å². The highest BCUT2D eigenvalue weighted by Crippen LogP contribution is 2.30. The van der Waals surface area contributed by atoms with Crippen LogP contribution in [-0.4, -0.2) is 55.2 Å². The first-order chi connectivity index (χ1) is 10.5. The van der Waals surface area contributed by atoms with E-state index in [4.69, 9.17) is 10.5 Å². The number of piperidine rings is 1. The summed E-state index contributed by atoms with van der Waals surface area (Å²) in [6.07, 6.45) is 6.62. The third-order valence-electron chi connectivity index (χ3n) is 5.10. The highest BCUT2D eigenvalue weighted by atomic mass is 35.5. The van der Waals surface area contributed by atoms with Gasteiger partial charge in [0, 0.05) is 25.3 Å². The summed E-state index contributed by atoms with van der Waals surface area (Å²) in [5.74, 6) is 0.441. The van der Waals surface area contributed by atoms with Crippen molar-refractivity contribution in [3.8, 4) is 0 Å². The van der Waals surface area contributed by atoms with Crippen molar-refractivity contribution in [3.05, 3.63) is 0 Å². The minimum atomic E-state index is -0.391. The van der Waals surface area contributed by atoms with Crippen molar-refractivity contribution in [1.29, 1.82) is 0 Å². The smallest absolute Gasteiger partial charge is 0.236 e. The van der Waals surface area contributed by atoms with Gasteiger partial charge in [-0.25, -0.2) is 0 Å². The lowest BCUT2D eigenvalue weighted by Gasteiger charge is -2.48. The van der Waals surface area contributed by atoms with E-state index in [2.05, 4.69) is 24.1 Å². The van der Waals surface area contributed by atoms with E-state index in [1.807, 2.05) is 0 Å². The molecule has 1 amide bonds. The fourth-order valence-electron chi connectivity index (χ4n) is 3.72. The SMILES string of the molecule is CC(C)C[C@H](N)C(=O)NCC1(N2CCCCC2)CCOCC1.Cl.Cl. The van der Waals surface area contributed by atoms with Crippen molar-refractivity contribution in [2.45, 2.75) is 64.0 Å². The Kier molecular flexibility index (Phi) is 11.5. The van der Waals surface area contributed by atoms with Crippen LogP contribution in [0, 0.1) is 5.92 Å². The van der Waals surface area contributed by atoms with E-state index >= 15 is 0 Å². The molecule has 2 saturated heterocycles. The van der Waals surface area contributed by atoms with E-state index < -0.39 is 6.04 Å². The van der Waals surface area contributed by atoms with E-state index in [-0.39, 0.29) is 36.3 Å². The van der Waals surface area contributed by atoms with Gasteiger partial charge in [-0.2, -0.15) is 0 Å². The number of hydrogen-bond donors (Lipinski definition) is 2. The van der Waals surface area contributed by atoms with Crippen molar-refractivity contribution in [2.75, 3.05) is 32.8 Å². The number of nitrogens with one attached hydrogen (secondary N) is 1. The van der Waals surface area contributed by atoms with Gasteiger partial charge in [0.2, 0.25) is 5.91 Å². The van der Waals surface area contributed by atoms with Gasteiger partial charge in [0.25, 0.3) is 0 Å². The Hall–Kier alpha value is -0.0700. The number of likely N-dealkylation sites (tertiary alicyclic amines) is 1. The van der Waals surface area contributed by atoms with Crippen LogP contribution in [0.25, 0.3) is 0 Å². The van der Waals surface area contributed by atoms with E-state index in [0.717, 1.165) is 45.6 Å². The molecule has 5 nitrogen and oxygen atoms in total. The molecule has 24 heavy (non-hydrogen) atoms. The molecule has 3 N–H and O–H groups in total. The zero-order chi connectivity index (χ0) is 16.0. The molecule has 0 radical (unpaired) electrons. The number of ether oxygens (including phenoxy) is 1. The van der Waals surface area contributed by atoms with Crippen LogP contribution in [0.4, 0.5) is 0 Å². The molecule has 2 fully saturated rings. The Balaban J connectivity index is 0.00000264. The lowest BCUT2D eigenvalue weighted by molar-refractivity contribution is -0.124. The normalized spacial score (nSPS) is 22.2. The van der Waals surface area contributed by atoms with Gasteiger partial charge in [0.05, 0.1) is 6.04 Å². The van der Waals surface area contributed by atoms with Gasteiger partial charge >= 0.3 is 0 Å². The molecule has 0 aromatic carbocycles. The zero-order valence-corrected chi connectivity index (χ0v) is 16.7. The van der Waals surface area contributed by atoms with Crippen molar-refractivity contribution in [1.82, 2.24) is 10.2 Å². The van der Waals surface area contributed by atoms with Crippen LogP contribution in [0.3, 0.4) is 0 Å². The highest BCUT2D eigenvalue weighted by Gasteiger charge is 2.39. The lowest BCUT2D eigenvalue weighted by Crippen LogP contribution is -2.60. The summed E-state index contributed by atoms with van der Waals surface area (Å²) in [4.78, 5) is 14.9. The molecule has 2 aliphatic heterocycles. The van der Waals surface area contributed by atoms with Gasteiger partial charge in [0.1, 0.15) is 0 Å². The fraction of sp³-hybridized carbons (Fsp3) is 0.941. The maximum atomic E-state index is 12.3. The molecular weight excluding hydrogens is 349 g/mol. The first-order valence-electron chi connectivity index (χ1n) is 8.89. The third-order valence-corrected chi connectivity index (χ3v) is 5.10. The molecule has 0 saturated carbocycles. The predicted molar refractivity (Wildman–Crippen MR) is 103 cm³/mol. The number of nitrogens with zero attached hydrogens (tertiary/aromatic N) is 1. The molecule has 2 rings (SSSR count). The summed E-state index contributed by atoms with van der Waals surface area (Å²) in [5.41, 5.74) is 6.08. The molecule has 0 aliphatic carbocycles. The maximum absolute atomic E-state index is 12.3. The number of halogens is 2. The molecule has 0 bridgehead atoms. The minimum absolute atomic E-state index is 0. The number of carbonyl (C=O) groups excluding carboxylic acids is 1. The van der Waals surface area contributed by atoms with Crippen LogP contribution in [0.1, 0.15) is 52.4 Å². The molecule has 0 spiro atoms. The Bertz CT molecular complexity index is 358. The minimum Gasteiger partial charge on any atom is -0.381 e. The van der Waals surface area contributed by atoms with Crippen molar-refractivity contribution in [3.63, 3.8) is 0 Å². The third kappa shape index (κ3) is 6.68. The second-order valence-electron chi connectivity index (χ2n) is 7.34. The summed E-state index contributed by atoms with van der Waals surface area (Å²) in [7, 11) is 0. The van der Waals surface area contributed by atoms with E-state index in [1.165, 1.54) is 19.3 Å². The molecule has 7 heteroatoms. The van der Waals surface area contributed by atoms with Crippen LogP contribution < -0.4 is 11.1 Å². The predicted octanol–water partition coefficient (Wildman–Crippen LogP) is 2.35. The Morgan fingerprint density at radius 3 is 2.29 bits per heavy atom. The van der Waals surface area contributed by atoms with Crippen LogP contribution in [-0.2, 0) is 9.53 Å². The summed E-state index contributed by atoms with van der Waals surface area (Å²) in [6.45, 7) is 8.79. The average Bonchev–Trinajstić information content (AvgIpc) is 2.53. The molecular formula is C17H35Cl2N3O2. The van der Waals surface area contributed by atoms with E-state index in [0.29, 0.717) is 12.5 Å². The van der Waals surface area contributed by atoms with Crippen molar-refractivity contribution in [2.24, 2.45) is 11.7 Å². The van der Waals surface area contributed by atoms with E-state index in [9.17, 15) is 4.79 Å². The number of amides is 1. The fourth-order valence-corrected chi connectivity index (χ4v) is 3.72. The van der Waals surface area contributed by atoms with Gasteiger partial charge < -0.3 is 15.8 Å².